The second kappa shape index (κ2) is 11.4. The van der Waals surface area contributed by atoms with Crippen LogP contribution in [0.3, 0.4) is 0 Å². The number of amides is 2. The molecule has 0 radical (unpaired) electrons. The number of carboxylic acids is 1. The average molecular weight is 579 g/mol. The minimum absolute atomic E-state index is 0.0649. The van der Waals surface area contributed by atoms with Crippen LogP contribution in [-0.2, 0) is 34.5 Å². The van der Waals surface area contributed by atoms with E-state index in [-0.39, 0.29) is 18.4 Å². The molecule has 41 heavy (non-hydrogen) atoms. The summed E-state index contributed by atoms with van der Waals surface area (Å²) in [6.45, 7) is 1.59. The van der Waals surface area contributed by atoms with E-state index in [1.807, 2.05) is 53.0 Å². The van der Waals surface area contributed by atoms with Gasteiger partial charge in [-0.15, -0.1) is 0 Å². The standard InChI is InChI=1S/C31H35ClN4O5/c1-34-25-10-5-4-9-22(25)24(33-34)18-41-27-13-12-23(32)21-14-16-36(26(29(21)27)17-35-15-6-11-28(35)37)30(38)19-7-2-3-8-20(19)31(39)40/h4-5,9-10,12-13,19-20,26H,2-3,6-8,11,14-18H2,1H3,(H,39,40). The predicted molar refractivity (Wildman–Crippen MR) is 154 cm³/mol. The number of benzene rings is 2. The highest BCUT2D eigenvalue weighted by molar-refractivity contribution is 6.31. The van der Waals surface area contributed by atoms with Crippen molar-refractivity contribution in [1.82, 2.24) is 19.6 Å². The van der Waals surface area contributed by atoms with E-state index >= 15 is 0 Å². The van der Waals surface area contributed by atoms with Crippen molar-refractivity contribution in [3.05, 3.63) is 58.2 Å². The third-order valence-corrected chi connectivity index (χ3v) is 9.37. The fourth-order valence-electron chi connectivity index (χ4n) is 6.94. The molecule has 9 nitrogen and oxygen atoms in total. The number of rotatable bonds is 7. The number of hydrogen-bond acceptors (Lipinski definition) is 5. The zero-order valence-corrected chi connectivity index (χ0v) is 24.0. The van der Waals surface area contributed by atoms with Crippen molar-refractivity contribution in [1.29, 1.82) is 0 Å². The number of carbonyl (C=O) groups is 3. The number of hydrogen-bond donors (Lipinski definition) is 1. The topological polar surface area (TPSA) is 105 Å². The third-order valence-electron chi connectivity index (χ3n) is 9.02. The summed E-state index contributed by atoms with van der Waals surface area (Å²) >= 11 is 6.73. The first-order valence-electron chi connectivity index (χ1n) is 14.5. The molecular weight excluding hydrogens is 544 g/mol. The number of aryl methyl sites for hydroxylation is 1. The van der Waals surface area contributed by atoms with Crippen molar-refractivity contribution in [2.24, 2.45) is 18.9 Å². The Hall–Kier alpha value is -3.59. The largest absolute Gasteiger partial charge is 0.487 e. The monoisotopic (exact) mass is 578 g/mol. The Morgan fingerprint density at radius 2 is 1.83 bits per heavy atom. The van der Waals surface area contributed by atoms with Crippen LogP contribution in [0.5, 0.6) is 5.75 Å². The Morgan fingerprint density at radius 1 is 1.05 bits per heavy atom. The van der Waals surface area contributed by atoms with E-state index in [0.717, 1.165) is 47.0 Å². The summed E-state index contributed by atoms with van der Waals surface area (Å²) in [4.78, 5) is 42.6. The molecule has 2 aliphatic heterocycles. The molecule has 0 bridgehead atoms. The molecule has 3 atom stereocenters. The Balaban J connectivity index is 1.37. The molecular formula is C31H35ClN4O5. The number of fused-ring (bicyclic) bond motifs is 2. The lowest BCUT2D eigenvalue weighted by molar-refractivity contribution is -0.154. The number of carbonyl (C=O) groups excluding carboxylic acids is 2. The number of halogens is 1. The molecule has 1 saturated heterocycles. The first-order chi connectivity index (χ1) is 19.8. The summed E-state index contributed by atoms with van der Waals surface area (Å²) in [6, 6.07) is 11.1. The molecule has 2 aromatic carbocycles. The highest BCUT2D eigenvalue weighted by Crippen LogP contribution is 2.43. The lowest BCUT2D eigenvalue weighted by Crippen LogP contribution is -2.50. The molecule has 6 rings (SSSR count). The van der Waals surface area contributed by atoms with Crippen LogP contribution in [-0.4, -0.2) is 62.1 Å². The summed E-state index contributed by atoms with van der Waals surface area (Å²) in [5, 5.41) is 16.2. The van der Waals surface area contributed by atoms with Gasteiger partial charge < -0.3 is 19.6 Å². The first kappa shape index (κ1) is 27.6. The van der Waals surface area contributed by atoms with Gasteiger partial charge in [-0.25, -0.2) is 0 Å². The minimum atomic E-state index is -0.915. The number of ether oxygens (including phenoxy) is 1. The van der Waals surface area contributed by atoms with Gasteiger partial charge in [0.15, 0.2) is 0 Å². The molecule has 10 heteroatoms. The number of aliphatic carboxylic acids is 1. The lowest BCUT2D eigenvalue weighted by Gasteiger charge is -2.43. The maximum Gasteiger partial charge on any atom is 0.307 e. The molecule has 1 saturated carbocycles. The van der Waals surface area contributed by atoms with E-state index < -0.39 is 23.8 Å². The Kier molecular flexibility index (Phi) is 7.64. The van der Waals surface area contributed by atoms with E-state index in [9.17, 15) is 19.5 Å². The maximum absolute atomic E-state index is 14.1. The minimum Gasteiger partial charge on any atom is -0.487 e. The van der Waals surface area contributed by atoms with E-state index in [2.05, 4.69) is 5.10 Å². The number of aromatic nitrogens is 2. The van der Waals surface area contributed by atoms with Gasteiger partial charge in [-0.05, 0) is 49.4 Å². The molecule has 3 unspecified atom stereocenters. The van der Waals surface area contributed by atoms with Crippen LogP contribution in [0.2, 0.25) is 5.02 Å². The highest BCUT2D eigenvalue weighted by atomic mass is 35.5. The lowest BCUT2D eigenvalue weighted by atomic mass is 9.77. The Morgan fingerprint density at radius 3 is 2.59 bits per heavy atom. The molecule has 2 amide bonds. The SMILES string of the molecule is Cn1nc(COc2ccc(Cl)c3c2C(CN2CCCC2=O)N(C(=O)C2CCCCC2C(=O)O)CC3)c2ccccc21. The zero-order chi connectivity index (χ0) is 28.7. The van der Waals surface area contributed by atoms with Crippen LogP contribution in [0.25, 0.3) is 10.9 Å². The quantitative estimate of drug-likeness (QED) is 0.434. The van der Waals surface area contributed by atoms with E-state index in [0.29, 0.717) is 56.1 Å². The van der Waals surface area contributed by atoms with Crippen LogP contribution in [0.1, 0.15) is 61.4 Å². The van der Waals surface area contributed by atoms with Gasteiger partial charge in [-0.3, -0.25) is 19.1 Å². The summed E-state index contributed by atoms with van der Waals surface area (Å²) in [5.74, 6) is -1.67. The molecule has 3 heterocycles. The van der Waals surface area contributed by atoms with Gasteiger partial charge in [0.1, 0.15) is 18.1 Å². The van der Waals surface area contributed by atoms with Gasteiger partial charge in [0, 0.05) is 49.1 Å². The molecule has 0 spiro atoms. The van der Waals surface area contributed by atoms with Gasteiger partial charge >= 0.3 is 5.97 Å². The fraction of sp³-hybridized carbons (Fsp3) is 0.484. The fourth-order valence-corrected chi connectivity index (χ4v) is 7.20. The molecule has 3 aromatic rings. The van der Waals surface area contributed by atoms with Gasteiger partial charge in [0.25, 0.3) is 0 Å². The normalized spacial score (nSPS) is 22.7. The maximum atomic E-state index is 14.1. The molecule has 2 fully saturated rings. The third kappa shape index (κ3) is 5.16. The van der Waals surface area contributed by atoms with Crippen LogP contribution in [0, 0.1) is 11.8 Å². The van der Waals surface area contributed by atoms with E-state index in [4.69, 9.17) is 16.3 Å². The molecule has 3 aliphatic rings. The summed E-state index contributed by atoms with van der Waals surface area (Å²) in [6.07, 6.45) is 4.50. The van der Waals surface area contributed by atoms with Crippen molar-refractivity contribution in [3.8, 4) is 5.75 Å². The van der Waals surface area contributed by atoms with Crippen LogP contribution >= 0.6 is 11.6 Å². The first-order valence-corrected chi connectivity index (χ1v) is 14.9. The molecule has 1 N–H and O–H groups in total. The Labute approximate surface area is 244 Å². The molecule has 1 aliphatic carbocycles. The van der Waals surface area contributed by atoms with Gasteiger partial charge in [-0.1, -0.05) is 42.6 Å². The van der Waals surface area contributed by atoms with E-state index in [1.165, 1.54) is 0 Å². The predicted octanol–water partition coefficient (Wildman–Crippen LogP) is 4.74. The number of carboxylic acid groups (broad SMARTS) is 1. The second-order valence-corrected chi connectivity index (χ2v) is 11.8. The number of para-hydroxylation sites is 1. The van der Waals surface area contributed by atoms with Crippen molar-refractivity contribution in [2.75, 3.05) is 19.6 Å². The van der Waals surface area contributed by atoms with Crippen molar-refractivity contribution in [2.45, 2.75) is 57.6 Å². The van der Waals surface area contributed by atoms with Crippen molar-refractivity contribution >= 4 is 40.3 Å². The molecule has 216 valence electrons. The van der Waals surface area contributed by atoms with Gasteiger partial charge in [0.05, 0.1) is 23.4 Å². The summed E-state index contributed by atoms with van der Waals surface area (Å²) in [5.41, 5.74) is 3.52. The average Bonchev–Trinajstić information content (AvgIpc) is 3.54. The van der Waals surface area contributed by atoms with Crippen LogP contribution < -0.4 is 4.74 Å². The number of likely N-dealkylation sites (tertiary alicyclic amines) is 1. The smallest absolute Gasteiger partial charge is 0.307 e. The highest BCUT2D eigenvalue weighted by Gasteiger charge is 2.43. The summed E-state index contributed by atoms with van der Waals surface area (Å²) in [7, 11) is 1.90. The van der Waals surface area contributed by atoms with Crippen LogP contribution in [0.4, 0.5) is 0 Å². The van der Waals surface area contributed by atoms with Gasteiger partial charge in [0.2, 0.25) is 11.8 Å². The zero-order valence-electron chi connectivity index (χ0n) is 23.2. The molecule has 1 aromatic heterocycles. The van der Waals surface area contributed by atoms with Crippen molar-refractivity contribution in [3.63, 3.8) is 0 Å². The van der Waals surface area contributed by atoms with Crippen molar-refractivity contribution < 1.29 is 24.2 Å². The summed E-state index contributed by atoms with van der Waals surface area (Å²) < 4.78 is 8.28. The van der Waals surface area contributed by atoms with E-state index in [1.54, 1.807) is 4.90 Å². The second-order valence-electron chi connectivity index (χ2n) is 11.4. The van der Waals surface area contributed by atoms with Crippen LogP contribution in [0.15, 0.2) is 36.4 Å². The Bertz CT molecular complexity index is 1500. The van der Waals surface area contributed by atoms with Gasteiger partial charge in [-0.2, -0.15) is 5.10 Å². The number of nitrogens with zero attached hydrogens (tertiary/aromatic N) is 4.